The molecule has 3 amide bonds. The molecule has 0 saturated carbocycles. The van der Waals surface area contributed by atoms with E-state index in [1.165, 1.54) is 24.3 Å². The maximum atomic E-state index is 12.6. The highest BCUT2D eigenvalue weighted by atomic mass is 32.2. The van der Waals surface area contributed by atoms with Gasteiger partial charge in [-0.25, -0.2) is 4.79 Å². The zero-order valence-electron chi connectivity index (χ0n) is 17.6. The van der Waals surface area contributed by atoms with Gasteiger partial charge in [-0.15, -0.1) is 0 Å². The second kappa shape index (κ2) is 10.1. The van der Waals surface area contributed by atoms with Crippen LogP contribution in [-0.2, 0) is 14.3 Å². The molecule has 1 saturated heterocycles. The highest BCUT2D eigenvalue weighted by molar-refractivity contribution is 8.18. The Labute approximate surface area is 198 Å². The van der Waals surface area contributed by atoms with Crippen molar-refractivity contribution in [3.63, 3.8) is 0 Å². The number of benzene rings is 2. The molecule has 4 rings (SSSR count). The average molecular weight is 479 g/mol. The molecule has 0 spiro atoms. The first-order valence-electron chi connectivity index (χ1n) is 10.0. The Morgan fingerprint density at radius 2 is 1.91 bits per heavy atom. The molecule has 2 aromatic carbocycles. The molecule has 2 heterocycles. The van der Waals surface area contributed by atoms with Crippen LogP contribution in [0.15, 0.2) is 47.4 Å². The van der Waals surface area contributed by atoms with E-state index in [2.05, 4.69) is 5.32 Å². The molecule has 2 aliphatic rings. The molecule has 0 aliphatic carbocycles. The quantitative estimate of drug-likeness (QED) is 0.469. The summed E-state index contributed by atoms with van der Waals surface area (Å²) in [5.74, 6) is -0.572. The van der Waals surface area contributed by atoms with Crippen LogP contribution in [0.5, 0.6) is 11.5 Å². The summed E-state index contributed by atoms with van der Waals surface area (Å²) in [6, 6.07) is 12.9. The number of nitrogens with zero attached hydrogens (tertiary/aromatic N) is 2. The highest BCUT2D eigenvalue weighted by Crippen LogP contribution is 2.36. The summed E-state index contributed by atoms with van der Waals surface area (Å²) in [7, 11) is 0. The number of nitrogens with one attached hydrogen (secondary N) is 1. The van der Waals surface area contributed by atoms with Gasteiger partial charge >= 0.3 is 5.97 Å². The molecule has 172 valence electrons. The lowest BCUT2D eigenvalue weighted by atomic mass is 10.1. The minimum absolute atomic E-state index is 0.00257. The standard InChI is InChI=1S/C23H17N3O7S/c24-11-14-1-4-16(5-2-14)22(29)31-12-20(27)25-7-8-26-21(28)19(34-23(26)30)10-15-3-6-17-18(9-15)33-13-32-17/h1-6,9-10H,7-8,12-13H2,(H,25,27)/b19-10-. The van der Waals surface area contributed by atoms with Crippen molar-refractivity contribution >= 4 is 40.9 Å². The number of thioether (sulfide) groups is 1. The monoisotopic (exact) mass is 479 g/mol. The van der Waals surface area contributed by atoms with Gasteiger partial charge < -0.3 is 19.5 Å². The van der Waals surface area contributed by atoms with Crippen LogP contribution >= 0.6 is 11.8 Å². The minimum atomic E-state index is -0.709. The second-order valence-electron chi connectivity index (χ2n) is 7.06. The average Bonchev–Trinajstić information content (AvgIpc) is 3.42. The maximum absolute atomic E-state index is 12.6. The lowest BCUT2D eigenvalue weighted by molar-refractivity contribution is -0.125. The van der Waals surface area contributed by atoms with Crippen molar-refractivity contribution in [1.29, 1.82) is 5.26 Å². The fourth-order valence-electron chi connectivity index (χ4n) is 3.10. The zero-order valence-corrected chi connectivity index (χ0v) is 18.4. The number of ether oxygens (including phenoxy) is 3. The van der Waals surface area contributed by atoms with Gasteiger partial charge in [0.2, 0.25) is 6.79 Å². The van der Waals surface area contributed by atoms with Crippen molar-refractivity contribution in [1.82, 2.24) is 10.2 Å². The molecular weight excluding hydrogens is 462 g/mol. The van der Waals surface area contributed by atoms with E-state index in [4.69, 9.17) is 19.5 Å². The fourth-order valence-corrected chi connectivity index (χ4v) is 3.97. The van der Waals surface area contributed by atoms with Gasteiger partial charge in [0.15, 0.2) is 18.1 Å². The van der Waals surface area contributed by atoms with Gasteiger partial charge in [-0.05, 0) is 59.8 Å². The Hall–Kier alpha value is -4.30. The summed E-state index contributed by atoms with van der Waals surface area (Å²) in [5, 5.41) is 10.8. The van der Waals surface area contributed by atoms with Crippen molar-refractivity contribution in [3.05, 3.63) is 64.1 Å². The molecule has 1 N–H and O–H groups in total. The Kier molecular flexibility index (Phi) is 6.79. The molecule has 0 radical (unpaired) electrons. The third kappa shape index (κ3) is 5.19. The normalized spacial score (nSPS) is 15.4. The lowest BCUT2D eigenvalue weighted by Crippen LogP contribution is -2.38. The number of hydrogen-bond acceptors (Lipinski definition) is 9. The first-order chi connectivity index (χ1) is 16.4. The van der Waals surface area contributed by atoms with Crippen LogP contribution in [0.1, 0.15) is 21.5 Å². The molecule has 0 bridgehead atoms. The number of fused-ring (bicyclic) bond motifs is 1. The molecule has 0 unspecified atom stereocenters. The van der Waals surface area contributed by atoms with Gasteiger partial charge in [0, 0.05) is 13.1 Å². The van der Waals surface area contributed by atoms with Crippen molar-refractivity contribution in [2.45, 2.75) is 0 Å². The van der Waals surface area contributed by atoms with Gasteiger partial charge in [-0.3, -0.25) is 19.3 Å². The number of carbonyl (C=O) groups excluding carboxylic acids is 4. The number of hydrogen-bond donors (Lipinski definition) is 1. The topological polar surface area (TPSA) is 135 Å². The molecular formula is C23H17N3O7S. The number of amides is 3. The van der Waals surface area contributed by atoms with Gasteiger partial charge in [-0.1, -0.05) is 6.07 Å². The molecule has 34 heavy (non-hydrogen) atoms. The maximum Gasteiger partial charge on any atom is 0.338 e. The number of imide groups is 1. The summed E-state index contributed by atoms with van der Waals surface area (Å²) in [4.78, 5) is 50.1. The van der Waals surface area contributed by atoms with Crippen LogP contribution in [0.3, 0.4) is 0 Å². The number of carbonyl (C=O) groups is 4. The Balaban J connectivity index is 1.24. The van der Waals surface area contributed by atoms with Crippen molar-refractivity contribution in [2.75, 3.05) is 26.5 Å². The number of rotatable bonds is 7. The van der Waals surface area contributed by atoms with E-state index < -0.39 is 29.6 Å². The van der Waals surface area contributed by atoms with Crippen LogP contribution in [0.25, 0.3) is 6.08 Å². The van der Waals surface area contributed by atoms with Crippen LogP contribution in [-0.4, -0.2) is 54.4 Å². The van der Waals surface area contributed by atoms with E-state index in [1.54, 1.807) is 24.3 Å². The van der Waals surface area contributed by atoms with E-state index in [-0.39, 0.29) is 30.4 Å². The van der Waals surface area contributed by atoms with Gasteiger partial charge in [0.05, 0.1) is 22.1 Å². The second-order valence-corrected chi connectivity index (χ2v) is 8.05. The third-order valence-corrected chi connectivity index (χ3v) is 5.72. The van der Waals surface area contributed by atoms with Crippen molar-refractivity contribution < 1.29 is 33.4 Å². The molecule has 2 aromatic rings. The summed E-state index contributed by atoms with van der Waals surface area (Å²) >= 11 is 0.807. The fraction of sp³-hybridized carbons (Fsp3) is 0.174. The third-order valence-electron chi connectivity index (χ3n) is 4.81. The van der Waals surface area contributed by atoms with E-state index in [9.17, 15) is 19.2 Å². The first-order valence-corrected chi connectivity index (χ1v) is 10.9. The Morgan fingerprint density at radius 1 is 1.15 bits per heavy atom. The largest absolute Gasteiger partial charge is 0.454 e. The van der Waals surface area contributed by atoms with Crippen LogP contribution in [0.4, 0.5) is 4.79 Å². The zero-order chi connectivity index (χ0) is 24.1. The number of nitriles is 1. The number of esters is 1. The molecule has 10 nitrogen and oxygen atoms in total. The Bertz CT molecular complexity index is 1230. The summed E-state index contributed by atoms with van der Waals surface area (Å²) in [6.07, 6.45) is 1.59. The van der Waals surface area contributed by atoms with Crippen LogP contribution in [0, 0.1) is 11.3 Å². The summed E-state index contributed by atoms with van der Waals surface area (Å²) in [5.41, 5.74) is 1.29. The van der Waals surface area contributed by atoms with Crippen molar-refractivity contribution in [2.24, 2.45) is 0 Å². The van der Waals surface area contributed by atoms with E-state index in [0.29, 0.717) is 22.6 Å². The van der Waals surface area contributed by atoms with Gasteiger partial charge in [0.1, 0.15) is 0 Å². The van der Waals surface area contributed by atoms with Gasteiger partial charge in [-0.2, -0.15) is 5.26 Å². The smallest absolute Gasteiger partial charge is 0.338 e. The van der Waals surface area contributed by atoms with Gasteiger partial charge in [0.25, 0.3) is 17.1 Å². The molecule has 0 aromatic heterocycles. The SMILES string of the molecule is N#Cc1ccc(C(=O)OCC(=O)NCCN2C(=O)S/C(=C\c3ccc4c(c3)OCO4)C2=O)cc1. The Morgan fingerprint density at radius 3 is 2.68 bits per heavy atom. The summed E-state index contributed by atoms with van der Waals surface area (Å²) in [6.45, 7) is -0.415. The molecule has 2 aliphatic heterocycles. The minimum Gasteiger partial charge on any atom is -0.454 e. The summed E-state index contributed by atoms with van der Waals surface area (Å²) < 4.78 is 15.5. The van der Waals surface area contributed by atoms with E-state index >= 15 is 0 Å². The van der Waals surface area contributed by atoms with E-state index in [1.807, 2.05) is 6.07 Å². The molecule has 11 heteroatoms. The highest BCUT2D eigenvalue weighted by Gasteiger charge is 2.34. The first kappa shape index (κ1) is 22.9. The molecule has 0 atom stereocenters. The van der Waals surface area contributed by atoms with Crippen molar-refractivity contribution in [3.8, 4) is 17.6 Å². The van der Waals surface area contributed by atoms with Crippen LogP contribution < -0.4 is 14.8 Å². The van der Waals surface area contributed by atoms with Crippen LogP contribution in [0.2, 0.25) is 0 Å². The van der Waals surface area contributed by atoms with E-state index in [0.717, 1.165) is 16.7 Å². The molecule has 1 fully saturated rings. The predicted molar refractivity (Wildman–Crippen MR) is 120 cm³/mol. The lowest BCUT2D eigenvalue weighted by Gasteiger charge is -2.13. The predicted octanol–water partition coefficient (Wildman–Crippen LogP) is 2.30.